The van der Waals surface area contributed by atoms with Gasteiger partial charge < -0.3 is 5.11 Å². The Morgan fingerprint density at radius 3 is 3.07 bits per heavy atom. The van der Waals surface area contributed by atoms with Crippen LogP contribution in [0, 0.1) is 0 Å². The van der Waals surface area contributed by atoms with Gasteiger partial charge >= 0.3 is 0 Å². The smallest absolute Gasteiger partial charge is 0.143 e. The minimum atomic E-state index is 0.140. The van der Waals surface area contributed by atoms with Crippen molar-refractivity contribution in [1.29, 1.82) is 0 Å². The van der Waals surface area contributed by atoms with Crippen LogP contribution < -0.4 is 0 Å². The van der Waals surface area contributed by atoms with E-state index < -0.39 is 0 Å². The van der Waals surface area contributed by atoms with E-state index in [1.807, 2.05) is 0 Å². The molecule has 2 rings (SSSR count). The average Bonchev–Trinajstić information content (AvgIpc) is 2.20. The molecule has 0 unspecified atom stereocenters. The summed E-state index contributed by atoms with van der Waals surface area (Å²) in [7, 11) is 1.66. The summed E-state index contributed by atoms with van der Waals surface area (Å²) in [6.45, 7) is 0. The normalized spacial score (nSPS) is 11.2. The first-order chi connectivity index (χ1) is 6.81. The van der Waals surface area contributed by atoms with Crippen molar-refractivity contribution in [3.8, 4) is 5.75 Å². The number of aromatic nitrogens is 2. The van der Waals surface area contributed by atoms with Gasteiger partial charge in [0.15, 0.2) is 0 Å². The molecule has 70 valence electrons. The van der Waals surface area contributed by atoms with E-state index in [1.165, 1.54) is 0 Å². The van der Waals surface area contributed by atoms with Crippen molar-refractivity contribution in [3.63, 3.8) is 0 Å². The molecule has 0 aliphatic heterocycles. The number of hydrogen-bond acceptors (Lipinski definition) is 4. The summed E-state index contributed by atoms with van der Waals surface area (Å²) in [5, 5.41) is 9.52. The van der Waals surface area contributed by atoms with E-state index in [0.717, 1.165) is 0 Å². The molecule has 0 saturated heterocycles. The molecule has 0 bridgehead atoms. The highest BCUT2D eigenvalue weighted by Gasteiger charge is 2.01. The summed E-state index contributed by atoms with van der Waals surface area (Å²) in [5.74, 6) is 0.140. The molecule has 2 aromatic rings. The SMILES string of the molecule is C/N=C/c1cnc2cccc(O)c2n1. The highest BCUT2D eigenvalue weighted by Crippen LogP contribution is 2.19. The minimum Gasteiger partial charge on any atom is -0.506 e. The lowest BCUT2D eigenvalue weighted by Gasteiger charge is -1.99. The summed E-state index contributed by atoms with van der Waals surface area (Å²) in [6, 6.07) is 5.12. The summed E-state index contributed by atoms with van der Waals surface area (Å²) in [6.07, 6.45) is 3.22. The number of para-hydroxylation sites is 1. The molecule has 4 heteroatoms. The topological polar surface area (TPSA) is 58.4 Å². The highest BCUT2D eigenvalue weighted by atomic mass is 16.3. The number of rotatable bonds is 1. The molecule has 0 saturated carbocycles. The number of phenols is 1. The van der Waals surface area contributed by atoms with Crippen LogP contribution in [0.25, 0.3) is 11.0 Å². The van der Waals surface area contributed by atoms with Gasteiger partial charge in [-0.05, 0) is 12.1 Å². The van der Waals surface area contributed by atoms with E-state index in [2.05, 4.69) is 15.0 Å². The molecule has 1 heterocycles. The average molecular weight is 187 g/mol. The number of aromatic hydroxyl groups is 1. The Labute approximate surface area is 81.0 Å². The lowest BCUT2D eigenvalue weighted by molar-refractivity contribution is 0.480. The zero-order chi connectivity index (χ0) is 9.97. The van der Waals surface area contributed by atoms with Gasteiger partial charge in [-0.15, -0.1) is 0 Å². The van der Waals surface area contributed by atoms with E-state index >= 15 is 0 Å². The first-order valence-electron chi connectivity index (χ1n) is 4.18. The number of aliphatic imine (C=N–C) groups is 1. The molecule has 0 atom stereocenters. The molecule has 0 spiro atoms. The van der Waals surface area contributed by atoms with Crippen LogP contribution in [0.4, 0.5) is 0 Å². The molecule has 0 radical (unpaired) electrons. The van der Waals surface area contributed by atoms with Gasteiger partial charge in [0, 0.05) is 13.3 Å². The van der Waals surface area contributed by atoms with E-state index in [9.17, 15) is 5.11 Å². The lowest BCUT2D eigenvalue weighted by atomic mass is 10.2. The maximum absolute atomic E-state index is 9.52. The third kappa shape index (κ3) is 1.42. The molecular formula is C10H9N3O. The van der Waals surface area contributed by atoms with Crippen LogP contribution >= 0.6 is 0 Å². The predicted molar refractivity (Wildman–Crippen MR) is 54.7 cm³/mol. The van der Waals surface area contributed by atoms with E-state index in [0.29, 0.717) is 16.7 Å². The number of nitrogens with zero attached hydrogens (tertiary/aromatic N) is 3. The second-order valence-electron chi connectivity index (χ2n) is 2.83. The molecule has 4 nitrogen and oxygen atoms in total. The number of phenolic OH excluding ortho intramolecular Hbond substituents is 1. The quantitative estimate of drug-likeness (QED) is 0.686. The van der Waals surface area contributed by atoms with Crippen molar-refractivity contribution in [3.05, 3.63) is 30.1 Å². The van der Waals surface area contributed by atoms with E-state index in [4.69, 9.17) is 0 Å². The summed E-state index contributed by atoms with van der Waals surface area (Å²) in [4.78, 5) is 12.2. The second kappa shape index (κ2) is 3.41. The van der Waals surface area contributed by atoms with Gasteiger partial charge in [0.1, 0.15) is 11.3 Å². The van der Waals surface area contributed by atoms with Crippen molar-refractivity contribution in [1.82, 2.24) is 9.97 Å². The van der Waals surface area contributed by atoms with Crippen LogP contribution in [-0.2, 0) is 0 Å². The molecule has 1 N–H and O–H groups in total. The van der Waals surface area contributed by atoms with Gasteiger partial charge in [0.25, 0.3) is 0 Å². The van der Waals surface area contributed by atoms with Crippen LogP contribution in [0.3, 0.4) is 0 Å². The van der Waals surface area contributed by atoms with Crippen molar-refractivity contribution in [2.75, 3.05) is 7.05 Å². The van der Waals surface area contributed by atoms with Crippen LogP contribution in [0.2, 0.25) is 0 Å². The van der Waals surface area contributed by atoms with Gasteiger partial charge in [-0.1, -0.05) is 6.07 Å². The van der Waals surface area contributed by atoms with E-state index in [1.54, 1.807) is 37.7 Å². The monoisotopic (exact) mass is 187 g/mol. The Balaban J connectivity index is 2.69. The third-order valence-electron chi connectivity index (χ3n) is 1.83. The van der Waals surface area contributed by atoms with Gasteiger partial charge in [0.05, 0.1) is 17.4 Å². The zero-order valence-electron chi connectivity index (χ0n) is 7.68. The maximum atomic E-state index is 9.52. The van der Waals surface area contributed by atoms with Gasteiger partial charge in [-0.2, -0.15) is 0 Å². The van der Waals surface area contributed by atoms with Crippen molar-refractivity contribution >= 4 is 17.2 Å². The zero-order valence-corrected chi connectivity index (χ0v) is 7.68. The van der Waals surface area contributed by atoms with E-state index in [-0.39, 0.29) is 5.75 Å². The Hall–Kier alpha value is -1.97. The van der Waals surface area contributed by atoms with Crippen LogP contribution in [-0.4, -0.2) is 28.3 Å². The maximum Gasteiger partial charge on any atom is 0.143 e. The Morgan fingerprint density at radius 2 is 2.29 bits per heavy atom. The highest BCUT2D eigenvalue weighted by molar-refractivity contribution is 5.85. The number of fused-ring (bicyclic) bond motifs is 1. The first kappa shape index (κ1) is 8.62. The molecule has 0 amide bonds. The molecule has 1 aromatic heterocycles. The standard InChI is InChI=1S/C10H9N3O/c1-11-5-7-6-12-8-3-2-4-9(14)10(8)13-7/h2-6,14H,1H3/b11-5+. The molecule has 0 aliphatic rings. The predicted octanol–water partition coefficient (Wildman–Crippen LogP) is 1.38. The number of hydrogen-bond donors (Lipinski definition) is 1. The fourth-order valence-electron chi connectivity index (χ4n) is 1.23. The summed E-state index contributed by atoms with van der Waals surface area (Å²) in [5.41, 5.74) is 1.82. The van der Waals surface area contributed by atoms with Gasteiger partial charge in [0.2, 0.25) is 0 Å². The van der Waals surface area contributed by atoms with Crippen molar-refractivity contribution < 1.29 is 5.11 Å². The first-order valence-corrected chi connectivity index (χ1v) is 4.18. The summed E-state index contributed by atoms with van der Waals surface area (Å²) >= 11 is 0. The lowest BCUT2D eigenvalue weighted by Crippen LogP contribution is -1.91. The van der Waals surface area contributed by atoms with Gasteiger partial charge in [-0.25, -0.2) is 4.98 Å². The molecular weight excluding hydrogens is 178 g/mol. The van der Waals surface area contributed by atoms with Crippen LogP contribution in [0.15, 0.2) is 29.4 Å². The van der Waals surface area contributed by atoms with Crippen molar-refractivity contribution in [2.45, 2.75) is 0 Å². The Bertz CT molecular complexity index is 494. The van der Waals surface area contributed by atoms with Gasteiger partial charge in [-0.3, -0.25) is 9.98 Å². The van der Waals surface area contributed by atoms with Crippen LogP contribution in [0.1, 0.15) is 5.69 Å². The fraction of sp³-hybridized carbons (Fsp3) is 0.100. The van der Waals surface area contributed by atoms with Crippen LogP contribution in [0.5, 0.6) is 5.75 Å². The largest absolute Gasteiger partial charge is 0.506 e. The van der Waals surface area contributed by atoms with Crippen molar-refractivity contribution in [2.24, 2.45) is 4.99 Å². The Morgan fingerprint density at radius 1 is 1.43 bits per heavy atom. The Kier molecular flexibility index (Phi) is 2.10. The molecule has 1 aromatic carbocycles. The third-order valence-corrected chi connectivity index (χ3v) is 1.83. The minimum absolute atomic E-state index is 0.140. The molecule has 14 heavy (non-hydrogen) atoms. The fourth-order valence-corrected chi connectivity index (χ4v) is 1.23. The number of benzene rings is 1. The summed E-state index contributed by atoms with van der Waals surface area (Å²) < 4.78 is 0. The molecule has 0 fully saturated rings. The second-order valence-corrected chi connectivity index (χ2v) is 2.83. The molecule has 0 aliphatic carbocycles.